The van der Waals surface area contributed by atoms with E-state index in [1.54, 1.807) is 0 Å². The van der Waals surface area contributed by atoms with Gasteiger partial charge in [0.2, 0.25) is 0 Å². The molecule has 0 spiro atoms. The second-order valence-electron chi connectivity index (χ2n) is 3.40. The number of benzene rings is 1. The van der Waals surface area contributed by atoms with E-state index < -0.39 is 17.1 Å². The van der Waals surface area contributed by atoms with Gasteiger partial charge in [-0.1, -0.05) is 0 Å². The van der Waals surface area contributed by atoms with Crippen molar-refractivity contribution in [1.29, 1.82) is 0 Å². The van der Waals surface area contributed by atoms with Crippen LogP contribution in [0.15, 0.2) is 18.2 Å². The van der Waals surface area contributed by atoms with Gasteiger partial charge in [-0.05, 0) is 11.6 Å². The van der Waals surface area contributed by atoms with E-state index in [0.717, 1.165) is 12.1 Å². The molecule has 0 heterocycles. The Labute approximate surface area is 102 Å². The SMILES string of the molecule is O=Cc1cc(C(O)C(O)CCl)cc([N+](=O)[O-])c1. The van der Waals surface area contributed by atoms with Crippen LogP contribution < -0.4 is 0 Å². The summed E-state index contributed by atoms with van der Waals surface area (Å²) in [5.74, 6) is -0.222. The van der Waals surface area contributed by atoms with Crippen molar-refractivity contribution in [3.05, 3.63) is 39.4 Å². The Morgan fingerprint density at radius 3 is 2.53 bits per heavy atom. The summed E-state index contributed by atoms with van der Waals surface area (Å²) < 4.78 is 0. The van der Waals surface area contributed by atoms with Crippen LogP contribution in [0.5, 0.6) is 0 Å². The zero-order chi connectivity index (χ0) is 13.0. The number of aliphatic hydroxyl groups is 2. The second kappa shape index (κ2) is 5.72. The molecule has 0 fully saturated rings. The number of carbonyl (C=O) groups is 1. The number of hydrogen-bond acceptors (Lipinski definition) is 5. The molecule has 6 nitrogen and oxygen atoms in total. The van der Waals surface area contributed by atoms with Crippen molar-refractivity contribution in [3.8, 4) is 0 Å². The molecular formula is C10H10ClNO5. The lowest BCUT2D eigenvalue weighted by Crippen LogP contribution is -2.20. The first kappa shape index (κ1) is 13.6. The highest BCUT2D eigenvalue weighted by molar-refractivity contribution is 6.18. The maximum Gasteiger partial charge on any atom is 0.270 e. The van der Waals surface area contributed by atoms with E-state index in [4.69, 9.17) is 11.6 Å². The number of halogens is 1. The van der Waals surface area contributed by atoms with E-state index in [0.29, 0.717) is 6.29 Å². The van der Waals surface area contributed by atoms with Gasteiger partial charge in [-0.3, -0.25) is 14.9 Å². The van der Waals surface area contributed by atoms with Crippen molar-refractivity contribution in [2.75, 3.05) is 5.88 Å². The number of nitrogens with zero attached hydrogens (tertiary/aromatic N) is 1. The zero-order valence-corrected chi connectivity index (χ0v) is 9.37. The minimum atomic E-state index is -1.37. The number of hydrogen-bond donors (Lipinski definition) is 2. The van der Waals surface area contributed by atoms with Gasteiger partial charge in [-0.2, -0.15) is 0 Å². The van der Waals surface area contributed by atoms with E-state index in [1.165, 1.54) is 6.07 Å². The third kappa shape index (κ3) is 3.23. The Morgan fingerprint density at radius 2 is 2.06 bits per heavy atom. The van der Waals surface area contributed by atoms with Crippen LogP contribution in [-0.4, -0.2) is 33.4 Å². The van der Waals surface area contributed by atoms with Crippen molar-refractivity contribution in [2.45, 2.75) is 12.2 Å². The van der Waals surface area contributed by atoms with Crippen LogP contribution in [0.1, 0.15) is 22.0 Å². The lowest BCUT2D eigenvalue weighted by Gasteiger charge is -2.15. The predicted molar refractivity (Wildman–Crippen MR) is 60.2 cm³/mol. The summed E-state index contributed by atoms with van der Waals surface area (Å²) in [6.07, 6.45) is -2.19. The van der Waals surface area contributed by atoms with Gasteiger partial charge >= 0.3 is 0 Å². The summed E-state index contributed by atoms with van der Waals surface area (Å²) in [5, 5.41) is 29.6. The number of non-ortho nitro benzene ring substituents is 1. The van der Waals surface area contributed by atoms with Gasteiger partial charge < -0.3 is 10.2 Å². The number of aliphatic hydroxyl groups excluding tert-OH is 2. The summed E-state index contributed by atoms with van der Waals surface area (Å²) in [5.41, 5.74) is -0.199. The summed E-state index contributed by atoms with van der Waals surface area (Å²) in [7, 11) is 0. The normalized spacial score (nSPS) is 14.1. The smallest absolute Gasteiger partial charge is 0.270 e. The molecule has 1 aromatic carbocycles. The first-order valence-corrected chi connectivity index (χ1v) is 5.19. The van der Waals surface area contributed by atoms with E-state index in [1.807, 2.05) is 0 Å². The number of aldehydes is 1. The molecule has 0 aliphatic carbocycles. The van der Waals surface area contributed by atoms with Crippen LogP contribution in [0, 0.1) is 10.1 Å². The molecule has 0 amide bonds. The molecule has 1 rings (SSSR count). The van der Waals surface area contributed by atoms with Crippen LogP contribution in [0.4, 0.5) is 5.69 Å². The molecule has 0 radical (unpaired) electrons. The fraction of sp³-hybridized carbons (Fsp3) is 0.300. The third-order valence-electron chi connectivity index (χ3n) is 2.17. The fourth-order valence-electron chi connectivity index (χ4n) is 1.31. The molecular weight excluding hydrogens is 250 g/mol. The highest BCUT2D eigenvalue weighted by atomic mass is 35.5. The summed E-state index contributed by atoms with van der Waals surface area (Å²) in [6, 6.07) is 3.43. The fourth-order valence-corrected chi connectivity index (χ4v) is 1.48. The Balaban J connectivity index is 3.19. The lowest BCUT2D eigenvalue weighted by molar-refractivity contribution is -0.385. The molecule has 0 aromatic heterocycles. The summed E-state index contributed by atoms with van der Waals surface area (Å²) in [4.78, 5) is 20.5. The topological polar surface area (TPSA) is 101 Å². The van der Waals surface area contributed by atoms with Crippen LogP contribution in [-0.2, 0) is 0 Å². The molecule has 0 saturated heterocycles. The van der Waals surface area contributed by atoms with Gasteiger partial charge in [0.1, 0.15) is 12.4 Å². The molecule has 2 atom stereocenters. The average Bonchev–Trinajstić information content (AvgIpc) is 2.36. The van der Waals surface area contributed by atoms with E-state index >= 15 is 0 Å². The average molecular weight is 260 g/mol. The molecule has 0 aliphatic rings. The Bertz CT molecular complexity index is 437. The van der Waals surface area contributed by atoms with Gasteiger partial charge in [0.25, 0.3) is 5.69 Å². The zero-order valence-electron chi connectivity index (χ0n) is 8.62. The van der Waals surface area contributed by atoms with Crippen molar-refractivity contribution >= 4 is 23.6 Å². The maximum absolute atomic E-state index is 10.6. The third-order valence-corrected chi connectivity index (χ3v) is 2.49. The van der Waals surface area contributed by atoms with Crippen LogP contribution in [0.3, 0.4) is 0 Å². The second-order valence-corrected chi connectivity index (χ2v) is 3.71. The van der Waals surface area contributed by atoms with E-state index in [-0.39, 0.29) is 22.7 Å². The number of carbonyl (C=O) groups excluding carboxylic acids is 1. The minimum absolute atomic E-state index is 0.0509. The largest absolute Gasteiger partial charge is 0.389 e. The first-order chi connectivity index (χ1) is 7.99. The maximum atomic E-state index is 10.6. The number of nitro benzene ring substituents is 1. The lowest BCUT2D eigenvalue weighted by atomic mass is 10.0. The Hall–Kier alpha value is -1.50. The number of nitro groups is 1. The van der Waals surface area contributed by atoms with Crippen LogP contribution in [0.25, 0.3) is 0 Å². The van der Waals surface area contributed by atoms with E-state index in [2.05, 4.69) is 0 Å². The molecule has 0 bridgehead atoms. The Kier molecular flexibility index (Phi) is 4.56. The number of alkyl halides is 1. The monoisotopic (exact) mass is 259 g/mol. The van der Waals surface area contributed by atoms with Crippen molar-refractivity contribution in [2.24, 2.45) is 0 Å². The number of rotatable bonds is 5. The van der Waals surface area contributed by atoms with Crippen molar-refractivity contribution < 1.29 is 19.9 Å². The van der Waals surface area contributed by atoms with Crippen molar-refractivity contribution in [1.82, 2.24) is 0 Å². The molecule has 0 saturated carbocycles. The standard InChI is InChI=1S/C10H10ClNO5/c11-4-9(14)10(15)7-1-6(5-13)2-8(3-7)12(16)17/h1-3,5,9-10,14-15H,4H2. The Morgan fingerprint density at radius 1 is 1.41 bits per heavy atom. The summed E-state index contributed by atoms with van der Waals surface area (Å²) in [6.45, 7) is 0. The first-order valence-electron chi connectivity index (χ1n) is 4.66. The highest BCUT2D eigenvalue weighted by Crippen LogP contribution is 2.24. The summed E-state index contributed by atoms with van der Waals surface area (Å²) >= 11 is 5.36. The van der Waals surface area contributed by atoms with Gasteiger partial charge in [-0.15, -0.1) is 11.6 Å². The van der Waals surface area contributed by atoms with Crippen LogP contribution in [0.2, 0.25) is 0 Å². The van der Waals surface area contributed by atoms with E-state index in [9.17, 15) is 25.1 Å². The predicted octanol–water partition coefficient (Wildman–Crippen LogP) is 1.04. The van der Waals surface area contributed by atoms with Gasteiger partial charge in [0.15, 0.2) is 0 Å². The van der Waals surface area contributed by atoms with Gasteiger partial charge in [-0.25, -0.2) is 0 Å². The van der Waals surface area contributed by atoms with Crippen molar-refractivity contribution in [3.63, 3.8) is 0 Å². The van der Waals surface area contributed by atoms with Gasteiger partial charge in [0.05, 0.1) is 16.9 Å². The molecule has 0 aliphatic heterocycles. The molecule has 1 aromatic rings. The molecule has 2 N–H and O–H groups in total. The highest BCUT2D eigenvalue weighted by Gasteiger charge is 2.20. The molecule has 7 heteroatoms. The quantitative estimate of drug-likeness (QED) is 0.356. The molecule has 17 heavy (non-hydrogen) atoms. The van der Waals surface area contributed by atoms with Crippen LogP contribution >= 0.6 is 11.6 Å². The molecule has 2 unspecified atom stereocenters. The minimum Gasteiger partial charge on any atom is -0.389 e. The van der Waals surface area contributed by atoms with Gasteiger partial charge in [0, 0.05) is 17.7 Å². The molecule has 92 valence electrons.